The number of rotatable bonds is 7. The summed E-state index contributed by atoms with van der Waals surface area (Å²) in [6.07, 6.45) is 0.390. The van der Waals surface area contributed by atoms with E-state index in [-0.39, 0.29) is 25.5 Å². The Morgan fingerprint density at radius 2 is 1.74 bits per heavy atom. The molecule has 2 saturated heterocycles. The lowest BCUT2D eigenvalue weighted by atomic mass is 10.00. The van der Waals surface area contributed by atoms with E-state index in [1.54, 1.807) is 11.1 Å². The molecule has 2 fully saturated rings. The summed E-state index contributed by atoms with van der Waals surface area (Å²) in [7, 11) is 1.99. The molecule has 4 amide bonds. The van der Waals surface area contributed by atoms with Crippen LogP contribution in [-0.2, 0) is 9.59 Å². The first-order valence-electron chi connectivity index (χ1n) is 13.2. The number of nitrogens with one attached hydrogen (secondary N) is 2. The van der Waals surface area contributed by atoms with Crippen LogP contribution in [0, 0.1) is 0 Å². The minimum atomic E-state index is -1.32. The molecule has 2 aromatic rings. The lowest BCUT2D eigenvalue weighted by Gasteiger charge is -2.32. The van der Waals surface area contributed by atoms with E-state index >= 15 is 0 Å². The molecule has 0 saturated carbocycles. The van der Waals surface area contributed by atoms with Crippen molar-refractivity contribution in [1.82, 2.24) is 30.3 Å². The van der Waals surface area contributed by atoms with Crippen molar-refractivity contribution < 1.29 is 18.8 Å². The smallest absolute Gasteiger partial charge is 0.317 e. The van der Waals surface area contributed by atoms with Crippen LogP contribution in [0.2, 0.25) is 0 Å². The summed E-state index contributed by atoms with van der Waals surface area (Å²) < 4.78 is 14.5. The summed E-state index contributed by atoms with van der Waals surface area (Å²) >= 11 is 0. The zero-order chi connectivity index (χ0) is 27.2. The summed E-state index contributed by atoms with van der Waals surface area (Å²) in [5, 5.41) is 5.64. The Hall–Kier alpha value is -3.53. The predicted octanol–water partition coefficient (Wildman–Crippen LogP) is 2.31. The number of urea groups is 1. The number of benzene rings is 1. The molecule has 0 spiro atoms. The maximum Gasteiger partial charge on any atom is 0.317 e. The van der Waals surface area contributed by atoms with Crippen LogP contribution in [-0.4, -0.2) is 96.1 Å². The van der Waals surface area contributed by atoms with Crippen LogP contribution in [0.25, 0.3) is 0 Å². The Bertz CT molecular complexity index is 1110. The topological polar surface area (TPSA) is 97.9 Å². The van der Waals surface area contributed by atoms with Gasteiger partial charge < -0.3 is 25.3 Å². The van der Waals surface area contributed by atoms with E-state index in [2.05, 4.69) is 34.4 Å². The molecule has 3 atom stereocenters. The number of hydrogen-bond acceptors (Lipinski definition) is 5. The van der Waals surface area contributed by atoms with Crippen LogP contribution in [0.5, 0.6) is 0 Å². The minimum absolute atomic E-state index is 0.0921. The second-order valence-electron chi connectivity index (χ2n) is 10.4. The number of hydrogen-bond donors (Lipinski definition) is 2. The number of piperazine rings is 1. The van der Waals surface area contributed by atoms with Gasteiger partial charge in [-0.2, -0.15) is 0 Å². The highest BCUT2D eigenvalue weighted by molar-refractivity contribution is 5.91. The lowest BCUT2D eigenvalue weighted by molar-refractivity contribution is -0.137. The van der Waals surface area contributed by atoms with Crippen molar-refractivity contribution in [1.29, 1.82) is 0 Å². The van der Waals surface area contributed by atoms with Crippen LogP contribution >= 0.6 is 0 Å². The van der Waals surface area contributed by atoms with E-state index in [1.165, 1.54) is 4.90 Å². The molecule has 0 unspecified atom stereocenters. The number of carbonyl (C=O) groups is 3. The van der Waals surface area contributed by atoms with E-state index < -0.39 is 30.1 Å². The third-order valence-electron chi connectivity index (χ3n) is 7.25. The fourth-order valence-electron chi connectivity index (χ4n) is 4.82. The van der Waals surface area contributed by atoms with Crippen LogP contribution < -0.4 is 10.6 Å². The number of nitrogens with zero attached hydrogens (tertiary/aromatic N) is 4. The van der Waals surface area contributed by atoms with Gasteiger partial charge in [0.2, 0.25) is 11.8 Å². The summed E-state index contributed by atoms with van der Waals surface area (Å²) in [5.74, 6) is -0.617. The van der Waals surface area contributed by atoms with Gasteiger partial charge in [0.05, 0.1) is 24.8 Å². The van der Waals surface area contributed by atoms with E-state index in [1.807, 2.05) is 49.5 Å². The maximum atomic E-state index is 14.5. The molecule has 9 nitrogen and oxygen atoms in total. The van der Waals surface area contributed by atoms with E-state index in [0.717, 1.165) is 24.2 Å². The first kappa shape index (κ1) is 27.5. The molecule has 3 heterocycles. The highest BCUT2D eigenvalue weighted by Gasteiger charge is 2.40. The predicted molar refractivity (Wildman–Crippen MR) is 142 cm³/mol. The summed E-state index contributed by atoms with van der Waals surface area (Å²) in [6, 6.07) is 11.4. The summed E-state index contributed by atoms with van der Waals surface area (Å²) in [5.41, 5.74) is 2.57. The van der Waals surface area contributed by atoms with Crippen molar-refractivity contribution in [2.75, 3.05) is 46.3 Å². The summed E-state index contributed by atoms with van der Waals surface area (Å²) in [4.78, 5) is 48.6. The summed E-state index contributed by atoms with van der Waals surface area (Å²) in [6.45, 7) is 6.36. The van der Waals surface area contributed by atoms with Gasteiger partial charge in [-0.05, 0) is 30.2 Å². The molecule has 1 aromatic carbocycles. The second-order valence-corrected chi connectivity index (χ2v) is 10.4. The van der Waals surface area contributed by atoms with Gasteiger partial charge in [-0.15, -0.1) is 0 Å². The van der Waals surface area contributed by atoms with Gasteiger partial charge in [-0.1, -0.05) is 50.2 Å². The van der Waals surface area contributed by atoms with E-state index in [4.69, 9.17) is 0 Å². The molecule has 2 aliphatic heterocycles. The monoisotopic (exact) mass is 524 g/mol. The van der Waals surface area contributed by atoms with Crippen molar-refractivity contribution in [3.05, 3.63) is 65.5 Å². The molecule has 4 rings (SSSR count). The van der Waals surface area contributed by atoms with Gasteiger partial charge in [0, 0.05) is 38.8 Å². The van der Waals surface area contributed by atoms with Crippen molar-refractivity contribution in [2.24, 2.45) is 0 Å². The zero-order valence-electron chi connectivity index (χ0n) is 22.3. The minimum Gasteiger partial charge on any atom is -0.342 e. The number of pyridine rings is 1. The molecule has 0 bridgehead atoms. The van der Waals surface area contributed by atoms with Crippen molar-refractivity contribution in [3.63, 3.8) is 0 Å². The zero-order valence-corrected chi connectivity index (χ0v) is 22.3. The molecule has 204 valence electrons. The lowest BCUT2D eigenvalue weighted by Crippen LogP contribution is -2.53. The molecule has 10 heteroatoms. The van der Waals surface area contributed by atoms with Crippen molar-refractivity contribution in [2.45, 2.75) is 44.4 Å². The number of alkyl halides is 1. The number of aromatic nitrogens is 1. The van der Waals surface area contributed by atoms with Gasteiger partial charge in [0.15, 0.2) is 0 Å². The van der Waals surface area contributed by atoms with E-state index in [9.17, 15) is 18.8 Å². The first-order valence-corrected chi connectivity index (χ1v) is 13.2. The third kappa shape index (κ3) is 6.66. The number of halogens is 1. The molecular formula is C28H37FN6O3. The first-order chi connectivity index (χ1) is 18.2. The Morgan fingerprint density at radius 1 is 1.03 bits per heavy atom. The van der Waals surface area contributed by atoms with Gasteiger partial charge >= 0.3 is 6.03 Å². The average molecular weight is 525 g/mol. The highest BCUT2D eigenvalue weighted by Crippen LogP contribution is 2.25. The molecule has 0 radical (unpaired) electrons. The van der Waals surface area contributed by atoms with Crippen LogP contribution in [0.15, 0.2) is 48.7 Å². The van der Waals surface area contributed by atoms with Crippen LogP contribution in [0.4, 0.5) is 9.18 Å². The molecule has 38 heavy (non-hydrogen) atoms. The van der Waals surface area contributed by atoms with Crippen molar-refractivity contribution >= 4 is 17.8 Å². The number of amides is 4. The van der Waals surface area contributed by atoms with Gasteiger partial charge in [-0.3, -0.25) is 14.6 Å². The number of likely N-dealkylation sites (N-methyl/N-ethyl adjacent to an activating group) is 1. The van der Waals surface area contributed by atoms with Crippen molar-refractivity contribution in [3.8, 4) is 0 Å². The van der Waals surface area contributed by atoms with Gasteiger partial charge in [0.1, 0.15) is 12.2 Å². The fraction of sp³-hybridized carbons (Fsp3) is 0.500. The highest BCUT2D eigenvalue weighted by atomic mass is 19.1. The normalized spacial score (nSPS) is 20.9. The Balaban J connectivity index is 1.44. The third-order valence-corrected chi connectivity index (χ3v) is 7.25. The van der Waals surface area contributed by atoms with Crippen LogP contribution in [0.3, 0.4) is 0 Å². The quantitative estimate of drug-likeness (QED) is 0.580. The second kappa shape index (κ2) is 12.3. The maximum absolute atomic E-state index is 14.5. The molecule has 2 aliphatic rings. The van der Waals surface area contributed by atoms with Gasteiger partial charge in [0.25, 0.3) is 0 Å². The number of likely N-dealkylation sites (tertiary alicyclic amines) is 1. The molecule has 2 N–H and O–H groups in total. The SMILES string of the molecule is CC(C)c1ccc([C@@H](NC(=O)[C@@H]2C[C@@H](F)CN2C(=O)CNC(=O)N2CCN(C)CC2)c2ccccc2)nc1. The Kier molecular flexibility index (Phi) is 8.93. The molecule has 1 aromatic heterocycles. The largest absolute Gasteiger partial charge is 0.342 e. The molecule has 0 aliphatic carbocycles. The molecular weight excluding hydrogens is 487 g/mol. The number of carbonyl (C=O) groups excluding carboxylic acids is 3. The Morgan fingerprint density at radius 3 is 2.37 bits per heavy atom. The average Bonchev–Trinajstić information content (AvgIpc) is 3.33. The Labute approximate surface area is 223 Å². The van der Waals surface area contributed by atoms with Crippen LogP contribution in [0.1, 0.15) is 49.0 Å². The van der Waals surface area contributed by atoms with E-state index in [0.29, 0.717) is 24.7 Å². The fourth-order valence-corrected chi connectivity index (χ4v) is 4.82. The standard InChI is InChI=1S/C28H37FN6O3/c1-19(2)21-9-10-23(30-16-21)26(20-7-5-4-6-8-20)32-27(37)24-15-22(29)18-35(24)25(36)17-31-28(38)34-13-11-33(3)12-14-34/h4-10,16,19,22,24,26H,11-15,17-18H2,1-3H3,(H,31,38)(H,32,37)/t22-,24+,26+/m1/s1. The van der Waals surface area contributed by atoms with Gasteiger partial charge in [-0.25, -0.2) is 9.18 Å².